The van der Waals surface area contributed by atoms with Crippen LogP contribution in [0.3, 0.4) is 0 Å². The molecule has 0 aliphatic heterocycles. The van der Waals surface area contributed by atoms with E-state index in [0.717, 1.165) is 35.2 Å². The number of unbranched alkanes of at least 4 members (excludes halogenated alkanes) is 1. The number of benzene rings is 2. The van der Waals surface area contributed by atoms with E-state index in [1.165, 1.54) is 16.9 Å². The first kappa shape index (κ1) is 17.4. The van der Waals surface area contributed by atoms with Crippen LogP contribution < -0.4 is 10.1 Å². The normalized spacial score (nSPS) is 10.8. The molecule has 3 aromatic rings. The van der Waals surface area contributed by atoms with E-state index in [9.17, 15) is 4.79 Å². The van der Waals surface area contributed by atoms with Crippen molar-refractivity contribution < 1.29 is 9.53 Å². The fourth-order valence-electron chi connectivity index (χ4n) is 2.55. The summed E-state index contributed by atoms with van der Waals surface area (Å²) in [6.07, 6.45) is 3.05. The molecule has 1 aromatic heterocycles. The van der Waals surface area contributed by atoms with Gasteiger partial charge in [-0.15, -0.1) is 0 Å². The van der Waals surface area contributed by atoms with E-state index in [1.54, 1.807) is 12.1 Å². The second-order valence-corrected chi connectivity index (χ2v) is 6.85. The van der Waals surface area contributed by atoms with E-state index < -0.39 is 0 Å². The Hall–Kier alpha value is -2.40. The van der Waals surface area contributed by atoms with Crippen molar-refractivity contribution in [3.8, 4) is 5.75 Å². The fourth-order valence-corrected chi connectivity index (χ4v) is 3.46. The van der Waals surface area contributed by atoms with E-state index in [2.05, 4.69) is 30.2 Å². The molecule has 0 unspecified atom stereocenters. The first-order valence-electron chi connectivity index (χ1n) is 8.64. The van der Waals surface area contributed by atoms with Gasteiger partial charge in [-0.05, 0) is 48.7 Å². The van der Waals surface area contributed by atoms with Crippen LogP contribution in [0.4, 0.5) is 5.13 Å². The summed E-state index contributed by atoms with van der Waals surface area (Å²) in [5.74, 6) is 0.634. The van der Waals surface area contributed by atoms with E-state index in [0.29, 0.717) is 17.3 Å². The van der Waals surface area contributed by atoms with Crippen molar-refractivity contribution in [2.24, 2.45) is 0 Å². The van der Waals surface area contributed by atoms with Gasteiger partial charge in [0.05, 0.1) is 16.8 Å². The van der Waals surface area contributed by atoms with Gasteiger partial charge in [-0.3, -0.25) is 10.1 Å². The van der Waals surface area contributed by atoms with E-state index in [4.69, 9.17) is 4.74 Å². The Morgan fingerprint density at radius 2 is 1.96 bits per heavy atom. The quantitative estimate of drug-likeness (QED) is 0.587. The number of hydrogen-bond acceptors (Lipinski definition) is 4. The van der Waals surface area contributed by atoms with Crippen LogP contribution in [0.1, 0.15) is 42.6 Å². The van der Waals surface area contributed by atoms with Gasteiger partial charge in [0.25, 0.3) is 5.91 Å². The van der Waals surface area contributed by atoms with Crippen LogP contribution in [0.25, 0.3) is 10.2 Å². The van der Waals surface area contributed by atoms with Gasteiger partial charge in [0.2, 0.25) is 0 Å². The third kappa shape index (κ3) is 4.17. The molecular weight excluding hydrogens is 332 g/mol. The standard InChI is InChI=1S/C20H22N2O2S/c1-3-5-13-24-16-11-9-15(10-12-16)19(23)22-20-21-18-14(4-2)7-6-8-17(18)25-20/h6-12H,3-5,13H2,1-2H3,(H,21,22,23). The molecule has 0 radical (unpaired) electrons. The van der Waals surface area contributed by atoms with Crippen LogP contribution in [0.2, 0.25) is 0 Å². The van der Waals surface area contributed by atoms with Crippen molar-refractivity contribution in [2.75, 3.05) is 11.9 Å². The van der Waals surface area contributed by atoms with Crippen LogP contribution >= 0.6 is 11.3 Å². The lowest BCUT2D eigenvalue weighted by Crippen LogP contribution is -2.11. The molecule has 2 aromatic carbocycles. The molecule has 0 fully saturated rings. The Morgan fingerprint density at radius 3 is 2.68 bits per heavy atom. The van der Waals surface area contributed by atoms with Crippen molar-refractivity contribution in [2.45, 2.75) is 33.1 Å². The van der Waals surface area contributed by atoms with Crippen molar-refractivity contribution in [3.63, 3.8) is 0 Å². The molecule has 1 heterocycles. The number of nitrogens with zero attached hydrogens (tertiary/aromatic N) is 1. The predicted octanol–water partition coefficient (Wildman–Crippen LogP) is 5.29. The number of aryl methyl sites for hydroxylation is 1. The number of carbonyl (C=O) groups excluding carboxylic acids is 1. The third-order valence-electron chi connectivity index (χ3n) is 3.99. The zero-order valence-electron chi connectivity index (χ0n) is 14.5. The van der Waals surface area contributed by atoms with E-state index >= 15 is 0 Å². The number of anilines is 1. The van der Waals surface area contributed by atoms with Crippen molar-refractivity contribution >= 4 is 32.6 Å². The van der Waals surface area contributed by atoms with E-state index in [1.807, 2.05) is 24.3 Å². The Balaban J connectivity index is 1.69. The minimum absolute atomic E-state index is 0.155. The van der Waals surface area contributed by atoms with Crippen LogP contribution in [-0.4, -0.2) is 17.5 Å². The molecule has 0 aliphatic carbocycles. The van der Waals surface area contributed by atoms with Crippen molar-refractivity contribution in [1.82, 2.24) is 4.98 Å². The molecule has 0 atom stereocenters. The van der Waals surface area contributed by atoms with Crippen LogP contribution in [0, 0.1) is 0 Å². The number of para-hydroxylation sites is 1. The lowest BCUT2D eigenvalue weighted by molar-refractivity contribution is 0.102. The molecule has 1 amide bonds. The summed E-state index contributed by atoms with van der Waals surface area (Å²) in [7, 11) is 0. The number of rotatable bonds is 7. The molecule has 0 aliphatic rings. The third-order valence-corrected chi connectivity index (χ3v) is 4.92. The number of carbonyl (C=O) groups is 1. The minimum Gasteiger partial charge on any atom is -0.494 e. The highest BCUT2D eigenvalue weighted by molar-refractivity contribution is 7.22. The molecule has 5 heteroatoms. The minimum atomic E-state index is -0.155. The van der Waals surface area contributed by atoms with Gasteiger partial charge in [-0.25, -0.2) is 4.98 Å². The molecule has 0 bridgehead atoms. The van der Waals surface area contributed by atoms with Gasteiger partial charge in [0.15, 0.2) is 5.13 Å². The number of ether oxygens (including phenoxy) is 1. The largest absolute Gasteiger partial charge is 0.494 e. The first-order chi connectivity index (χ1) is 12.2. The van der Waals surface area contributed by atoms with E-state index in [-0.39, 0.29) is 5.91 Å². The SMILES string of the molecule is CCCCOc1ccc(C(=O)Nc2nc3c(CC)cccc3s2)cc1. The molecule has 130 valence electrons. The second kappa shape index (κ2) is 8.12. The number of hydrogen-bond donors (Lipinski definition) is 1. The average molecular weight is 354 g/mol. The Kier molecular flexibility index (Phi) is 5.66. The van der Waals surface area contributed by atoms with Gasteiger partial charge < -0.3 is 4.74 Å². The van der Waals surface area contributed by atoms with Gasteiger partial charge in [-0.2, -0.15) is 0 Å². The Morgan fingerprint density at radius 1 is 1.16 bits per heavy atom. The highest BCUT2D eigenvalue weighted by Gasteiger charge is 2.11. The lowest BCUT2D eigenvalue weighted by Gasteiger charge is -2.06. The van der Waals surface area contributed by atoms with Crippen LogP contribution in [-0.2, 0) is 6.42 Å². The number of amides is 1. The highest BCUT2D eigenvalue weighted by atomic mass is 32.1. The summed E-state index contributed by atoms with van der Waals surface area (Å²) in [6, 6.07) is 13.4. The average Bonchev–Trinajstić information content (AvgIpc) is 3.04. The highest BCUT2D eigenvalue weighted by Crippen LogP contribution is 2.29. The Bertz CT molecular complexity index is 856. The maximum atomic E-state index is 12.4. The summed E-state index contributed by atoms with van der Waals surface area (Å²) in [5.41, 5.74) is 2.77. The molecule has 4 nitrogen and oxygen atoms in total. The first-order valence-corrected chi connectivity index (χ1v) is 9.45. The smallest absolute Gasteiger partial charge is 0.257 e. The lowest BCUT2D eigenvalue weighted by atomic mass is 10.1. The molecule has 1 N–H and O–H groups in total. The molecular formula is C20H22N2O2S. The fraction of sp³-hybridized carbons (Fsp3) is 0.300. The van der Waals surface area contributed by atoms with Crippen molar-refractivity contribution in [1.29, 1.82) is 0 Å². The summed E-state index contributed by atoms with van der Waals surface area (Å²) in [6.45, 7) is 4.94. The van der Waals surface area contributed by atoms with Crippen LogP contribution in [0.5, 0.6) is 5.75 Å². The second-order valence-electron chi connectivity index (χ2n) is 5.82. The maximum Gasteiger partial charge on any atom is 0.257 e. The zero-order chi connectivity index (χ0) is 17.6. The molecule has 0 spiro atoms. The summed E-state index contributed by atoms with van der Waals surface area (Å²) < 4.78 is 6.71. The molecule has 0 saturated heterocycles. The topological polar surface area (TPSA) is 51.2 Å². The van der Waals surface area contributed by atoms with Gasteiger partial charge >= 0.3 is 0 Å². The number of thiazole rings is 1. The Labute approximate surface area is 151 Å². The zero-order valence-corrected chi connectivity index (χ0v) is 15.4. The summed E-state index contributed by atoms with van der Waals surface area (Å²) in [5, 5.41) is 3.53. The number of fused-ring (bicyclic) bond motifs is 1. The maximum absolute atomic E-state index is 12.4. The van der Waals surface area contributed by atoms with Gasteiger partial charge in [0.1, 0.15) is 5.75 Å². The predicted molar refractivity (Wildman–Crippen MR) is 104 cm³/mol. The molecule has 25 heavy (non-hydrogen) atoms. The van der Waals surface area contributed by atoms with Crippen molar-refractivity contribution in [3.05, 3.63) is 53.6 Å². The molecule has 3 rings (SSSR count). The summed E-state index contributed by atoms with van der Waals surface area (Å²) in [4.78, 5) is 17.0. The monoisotopic (exact) mass is 354 g/mol. The van der Waals surface area contributed by atoms with Gasteiger partial charge in [-0.1, -0.05) is 43.7 Å². The van der Waals surface area contributed by atoms with Gasteiger partial charge in [0, 0.05) is 5.56 Å². The number of aromatic nitrogens is 1. The molecule has 0 saturated carbocycles. The summed E-state index contributed by atoms with van der Waals surface area (Å²) >= 11 is 1.50. The number of nitrogens with one attached hydrogen (secondary N) is 1. The van der Waals surface area contributed by atoms with Crippen LogP contribution in [0.15, 0.2) is 42.5 Å².